The summed E-state index contributed by atoms with van der Waals surface area (Å²) < 4.78 is 30.5. The first-order chi connectivity index (χ1) is 17.9. The predicted molar refractivity (Wildman–Crippen MR) is 136 cm³/mol. The molecule has 0 spiro atoms. The Morgan fingerprint density at radius 2 is 1.95 bits per heavy atom. The number of thiophene rings is 1. The lowest BCUT2D eigenvalue weighted by atomic mass is 10.0. The molecule has 3 N–H and O–H groups in total. The molecule has 4 heterocycles. The molecule has 0 saturated heterocycles. The molecule has 0 radical (unpaired) electrons. The third-order valence-corrected chi connectivity index (χ3v) is 7.22. The predicted octanol–water partition coefficient (Wildman–Crippen LogP) is 4.21. The van der Waals surface area contributed by atoms with Gasteiger partial charge in [0.1, 0.15) is 15.4 Å². The Morgan fingerprint density at radius 3 is 2.50 bits per heavy atom. The number of hydrogen-bond donors (Lipinski definition) is 2. The summed E-state index contributed by atoms with van der Waals surface area (Å²) in [5, 5.41) is 22.2. The maximum Gasteiger partial charge on any atom is 0.390 e. The second kappa shape index (κ2) is 10.2. The minimum atomic E-state index is -2.88. The van der Waals surface area contributed by atoms with E-state index in [4.69, 9.17) is 5.73 Å². The number of primary amides is 1. The van der Waals surface area contributed by atoms with Gasteiger partial charge >= 0.3 is 5.82 Å². The van der Waals surface area contributed by atoms with Gasteiger partial charge in [-0.15, -0.1) is 11.3 Å². The molecule has 1 atom stereocenters. The standard InChI is InChI=1S/C23H24F2N8O4S/c1-5-31-12(4)14(8-27-31)13-7-15(20(24)25)28-23-17(13)18(19(38-23)21(26)34)29-22(35)10(2)9-32-11(3)6-16(30-32)33(36)37/h6-8,10,20H,5,9H2,1-4H3,(H2,26,34)(H,29,35). The van der Waals surface area contributed by atoms with E-state index in [-0.39, 0.29) is 27.8 Å². The number of halogens is 2. The molecule has 0 saturated carbocycles. The average Bonchev–Trinajstić information content (AvgIpc) is 3.53. The van der Waals surface area contributed by atoms with Gasteiger partial charge in [-0.3, -0.25) is 14.3 Å². The fourth-order valence-corrected chi connectivity index (χ4v) is 5.13. The summed E-state index contributed by atoms with van der Waals surface area (Å²) >= 11 is 0.804. The Kier molecular flexibility index (Phi) is 7.22. The Labute approximate surface area is 218 Å². The summed E-state index contributed by atoms with van der Waals surface area (Å²) in [7, 11) is 0. The van der Waals surface area contributed by atoms with E-state index in [2.05, 4.69) is 20.5 Å². The van der Waals surface area contributed by atoms with Crippen molar-refractivity contribution in [3.63, 3.8) is 0 Å². The number of carbonyl (C=O) groups is 2. The number of alkyl halides is 2. The van der Waals surface area contributed by atoms with E-state index >= 15 is 0 Å². The van der Waals surface area contributed by atoms with Crippen LogP contribution in [0.3, 0.4) is 0 Å². The second-order valence-corrected chi connectivity index (χ2v) is 9.68. The third-order valence-electron chi connectivity index (χ3n) is 6.12. The first-order valence-electron chi connectivity index (χ1n) is 11.5. The number of amides is 2. The summed E-state index contributed by atoms with van der Waals surface area (Å²) in [4.78, 5) is 40.1. The van der Waals surface area contributed by atoms with E-state index < -0.39 is 34.8 Å². The number of pyridine rings is 1. The molecule has 0 aliphatic heterocycles. The van der Waals surface area contributed by atoms with Crippen molar-refractivity contribution < 1.29 is 23.3 Å². The molecule has 1 unspecified atom stereocenters. The van der Waals surface area contributed by atoms with Crippen LogP contribution in [0.1, 0.15) is 47.0 Å². The molecule has 38 heavy (non-hydrogen) atoms. The molecular weight excluding hydrogens is 522 g/mol. The number of aromatic nitrogens is 5. The molecule has 0 aliphatic rings. The van der Waals surface area contributed by atoms with Gasteiger partial charge in [-0.2, -0.15) is 9.78 Å². The van der Waals surface area contributed by atoms with Crippen LogP contribution in [0.2, 0.25) is 0 Å². The summed E-state index contributed by atoms with van der Waals surface area (Å²) in [5.74, 6) is -2.48. The fraction of sp³-hybridized carbons (Fsp3) is 0.348. The number of anilines is 1. The fourth-order valence-electron chi connectivity index (χ4n) is 4.12. The molecular formula is C23H24F2N8O4S. The summed E-state index contributed by atoms with van der Waals surface area (Å²) in [6.07, 6.45) is -1.34. The van der Waals surface area contributed by atoms with Crippen molar-refractivity contribution in [2.45, 2.75) is 47.2 Å². The zero-order chi connectivity index (χ0) is 27.9. The van der Waals surface area contributed by atoms with E-state index in [0.29, 0.717) is 34.4 Å². The Bertz CT molecular complexity index is 1580. The molecule has 0 aliphatic carbocycles. The molecule has 0 fully saturated rings. The first kappa shape index (κ1) is 26.8. The van der Waals surface area contributed by atoms with E-state index in [0.717, 1.165) is 11.3 Å². The summed E-state index contributed by atoms with van der Waals surface area (Å²) in [6, 6.07) is 2.51. The topological polar surface area (TPSA) is 164 Å². The molecule has 4 aromatic rings. The van der Waals surface area contributed by atoms with Crippen molar-refractivity contribution in [1.29, 1.82) is 0 Å². The van der Waals surface area contributed by atoms with Crippen molar-refractivity contribution in [1.82, 2.24) is 24.5 Å². The zero-order valence-electron chi connectivity index (χ0n) is 20.9. The third kappa shape index (κ3) is 4.83. The number of carbonyl (C=O) groups excluding carboxylic acids is 2. The number of fused-ring (bicyclic) bond motifs is 1. The number of nitro groups is 1. The minimum absolute atomic E-state index is 0.0164. The Hall–Kier alpha value is -4.27. The normalized spacial score (nSPS) is 12.3. The molecule has 2 amide bonds. The van der Waals surface area contributed by atoms with Gasteiger partial charge in [0.15, 0.2) is 0 Å². The van der Waals surface area contributed by atoms with Crippen LogP contribution in [0, 0.1) is 29.9 Å². The lowest BCUT2D eigenvalue weighted by molar-refractivity contribution is -0.389. The Balaban J connectivity index is 1.81. The number of nitrogens with one attached hydrogen (secondary N) is 1. The smallest absolute Gasteiger partial charge is 0.365 e. The van der Waals surface area contributed by atoms with Crippen molar-refractivity contribution in [2.75, 3.05) is 5.32 Å². The largest absolute Gasteiger partial charge is 0.390 e. The van der Waals surface area contributed by atoms with E-state index in [1.165, 1.54) is 23.0 Å². The minimum Gasteiger partial charge on any atom is -0.365 e. The number of aryl methyl sites for hydroxylation is 2. The van der Waals surface area contributed by atoms with Crippen LogP contribution in [0.25, 0.3) is 21.3 Å². The van der Waals surface area contributed by atoms with Crippen LogP contribution in [0.15, 0.2) is 18.3 Å². The highest BCUT2D eigenvalue weighted by atomic mass is 32.1. The molecule has 12 nitrogen and oxygen atoms in total. The Morgan fingerprint density at radius 1 is 1.24 bits per heavy atom. The van der Waals surface area contributed by atoms with Crippen LogP contribution in [-0.2, 0) is 17.9 Å². The van der Waals surface area contributed by atoms with Crippen LogP contribution >= 0.6 is 11.3 Å². The van der Waals surface area contributed by atoms with E-state index in [1.54, 1.807) is 25.5 Å². The van der Waals surface area contributed by atoms with Gasteiger partial charge in [0.05, 0.1) is 41.2 Å². The zero-order valence-corrected chi connectivity index (χ0v) is 21.7. The van der Waals surface area contributed by atoms with Crippen molar-refractivity contribution in [3.05, 3.63) is 50.4 Å². The summed E-state index contributed by atoms with van der Waals surface area (Å²) in [5.41, 5.74) is 7.23. The van der Waals surface area contributed by atoms with Gasteiger partial charge < -0.3 is 21.2 Å². The highest BCUT2D eigenvalue weighted by Gasteiger charge is 2.28. The second-order valence-electron chi connectivity index (χ2n) is 8.68. The SMILES string of the molecule is CCn1ncc(-c2cc(C(F)F)nc3sc(C(N)=O)c(NC(=O)C(C)Cn4nc([N+](=O)[O-])cc4C)c23)c1C. The van der Waals surface area contributed by atoms with E-state index in [1.807, 2.05) is 6.92 Å². The van der Waals surface area contributed by atoms with Gasteiger partial charge in [-0.1, -0.05) is 6.92 Å². The van der Waals surface area contributed by atoms with Crippen LogP contribution in [-0.4, -0.2) is 41.3 Å². The van der Waals surface area contributed by atoms with Gasteiger partial charge in [-0.05, 0) is 37.3 Å². The van der Waals surface area contributed by atoms with Crippen molar-refractivity contribution >= 4 is 44.9 Å². The van der Waals surface area contributed by atoms with Crippen molar-refractivity contribution in [3.8, 4) is 11.1 Å². The van der Waals surface area contributed by atoms with Gasteiger partial charge in [0, 0.05) is 23.2 Å². The number of hydrogen-bond acceptors (Lipinski definition) is 8. The molecule has 0 aromatic carbocycles. The maximum absolute atomic E-state index is 13.7. The highest BCUT2D eigenvalue weighted by Crippen LogP contribution is 2.43. The molecule has 4 aromatic heterocycles. The highest BCUT2D eigenvalue weighted by molar-refractivity contribution is 7.21. The monoisotopic (exact) mass is 546 g/mol. The van der Waals surface area contributed by atoms with Crippen LogP contribution < -0.4 is 11.1 Å². The van der Waals surface area contributed by atoms with Gasteiger partial charge in [0.2, 0.25) is 5.91 Å². The number of rotatable bonds is 9. The summed E-state index contributed by atoms with van der Waals surface area (Å²) in [6.45, 7) is 7.44. The average molecular weight is 547 g/mol. The van der Waals surface area contributed by atoms with E-state index in [9.17, 15) is 28.5 Å². The van der Waals surface area contributed by atoms with Crippen LogP contribution in [0.5, 0.6) is 0 Å². The van der Waals surface area contributed by atoms with Crippen molar-refractivity contribution in [2.24, 2.45) is 11.7 Å². The molecule has 200 valence electrons. The lowest BCUT2D eigenvalue weighted by Crippen LogP contribution is -2.26. The number of nitrogens with zero attached hydrogens (tertiary/aromatic N) is 6. The molecule has 15 heteroatoms. The lowest BCUT2D eigenvalue weighted by Gasteiger charge is -2.14. The molecule has 4 rings (SSSR count). The number of nitrogens with two attached hydrogens (primary N) is 1. The van der Waals surface area contributed by atoms with Gasteiger partial charge in [0.25, 0.3) is 12.3 Å². The quantitative estimate of drug-likeness (QED) is 0.234. The van der Waals surface area contributed by atoms with Crippen LogP contribution in [0.4, 0.5) is 20.3 Å². The maximum atomic E-state index is 13.7. The molecule has 0 bridgehead atoms. The van der Waals surface area contributed by atoms with Gasteiger partial charge in [-0.25, -0.2) is 13.8 Å². The first-order valence-corrected chi connectivity index (χ1v) is 12.3.